The molecule has 0 fully saturated rings. The van der Waals surface area contributed by atoms with Crippen molar-refractivity contribution in [2.45, 2.75) is 18.7 Å². The van der Waals surface area contributed by atoms with Gasteiger partial charge in [-0.25, -0.2) is 8.42 Å². The molecule has 1 heterocycles. The molecule has 23 heavy (non-hydrogen) atoms. The van der Waals surface area contributed by atoms with Crippen LogP contribution in [0.25, 0.3) is 11.0 Å². The Morgan fingerprint density at radius 1 is 1.17 bits per heavy atom. The van der Waals surface area contributed by atoms with Gasteiger partial charge in [-0.2, -0.15) is 0 Å². The van der Waals surface area contributed by atoms with Gasteiger partial charge in [0.2, 0.25) is 0 Å². The number of nitrogens with one attached hydrogen (secondary N) is 1. The Kier molecular flexibility index (Phi) is 3.73. The van der Waals surface area contributed by atoms with E-state index in [2.05, 4.69) is 9.88 Å². The summed E-state index contributed by atoms with van der Waals surface area (Å²) >= 11 is 0. The van der Waals surface area contributed by atoms with E-state index in [-0.39, 0.29) is 4.90 Å². The molecule has 2 aromatic carbocycles. The van der Waals surface area contributed by atoms with Crippen LogP contribution in [-0.4, -0.2) is 20.7 Å². The molecular formula is C16H16N2O4S. The Hall–Kier alpha value is -2.54. The van der Waals surface area contributed by atoms with Crippen LogP contribution in [0.2, 0.25) is 0 Å². The Labute approximate surface area is 134 Å². The third-order valence-electron chi connectivity index (χ3n) is 3.60. The highest BCUT2D eigenvalue weighted by atomic mass is 32.2. The molecule has 3 rings (SSSR count). The molecule has 0 radical (unpaired) electrons. The third kappa shape index (κ3) is 2.75. The van der Waals surface area contributed by atoms with Gasteiger partial charge in [-0.3, -0.25) is 4.72 Å². The van der Waals surface area contributed by atoms with Crippen LogP contribution in [0.4, 0.5) is 5.69 Å². The molecule has 0 spiro atoms. The standard InChI is InChI=1S/C16H16N2O4S/c1-10-8-15-12(11(2)17-22-15)9-13(10)18-23(19,20)16-7-5-4-6-14(16)21-3/h4-9,18H,1-3H3. The van der Waals surface area contributed by atoms with Crippen LogP contribution < -0.4 is 9.46 Å². The van der Waals surface area contributed by atoms with E-state index in [0.717, 1.165) is 10.9 Å². The molecule has 3 aromatic rings. The first-order chi connectivity index (χ1) is 10.9. The SMILES string of the molecule is COc1ccccc1S(=O)(=O)Nc1cc2c(C)noc2cc1C. The number of hydrogen-bond acceptors (Lipinski definition) is 5. The van der Waals surface area contributed by atoms with Crippen molar-refractivity contribution in [2.24, 2.45) is 0 Å². The fourth-order valence-electron chi connectivity index (χ4n) is 2.36. The highest BCUT2D eigenvalue weighted by molar-refractivity contribution is 7.92. The van der Waals surface area contributed by atoms with E-state index < -0.39 is 10.0 Å². The fourth-order valence-corrected chi connectivity index (χ4v) is 3.65. The molecule has 0 bridgehead atoms. The lowest BCUT2D eigenvalue weighted by Crippen LogP contribution is -2.14. The van der Waals surface area contributed by atoms with Crippen molar-refractivity contribution in [2.75, 3.05) is 11.8 Å². The summed E-state index contributed by atoms with van der Waals surface area (Å²) in [5.74, 6) is 0.292. The quantitative estimate of drug-likeness (QED) is 0.793. The molecule has 120 valence electrons. The predicted octanol–water partition coefficient (Wildman–Crippen LogP) is 3.25. The van der Waals surface area contributed by atoms with Crippen molar-refractivity contribution in [3.63, 3.8) is 0 Å². The number of fused-ring (bicyclic) bond motifs is 1. The van der Waals surface area contributed by atoms with E-state index in [4.69, 9.17) is 9.26 Å². The zero-order valence-electron chi connectivity index (χ0n) is 13.0. The van der Waals surface area contributed by atoms with Crippen molar-refractivity contribution < 1.29 is 17.7 Å². The number of benzene rings is 2. The average molecular weight is 332 g/mol. The zero-order chi connectivity index (χ0) is 16.6. The minimum absolute atomic E-state index is 0.0871. The first-order valence-corrected chi connectivity index (χ1v) is 8.43. The monoisotopic (exact) mass is 332 g/mol. The lowest BCUT2D eigenvalue weighted by atomic mass is 10.1. The first-order valence-electron chi connectivity index (χ1n) is 6.95. The lowest BCUT2D eigenvalue weighted by Gasteiger charge is -2.13. The predicted molar refractivity (Wildman–Crippen MR) is 87.3 cm³/mol. The van der Waals surface area contributed by atoms with Crippen LogP contribution >= 0.6 is 0 Å². The number of ether oxygens (including phenoxy) is 1. The van der Waals surface area contributed by atoms with Crippen LogP contribution in [0.5, 0.6) is 5.75 Å². The number of anilines is 1. The Bertz CT molecular complexity index is 977. The fraction of sp³-hybridized carbons (Fsp3) is 0.188. The van der Waals surface area contributed by atoms with E-state index in [1.165, 1.54) is 13.2 Å². The number of para-hydroxylation sites is 1. The lowest BCUT2D eigenvalue weighted by molar-refractivity contribution is 0.403. The second-order valence-electron chi connectivity index (χ2n) is 5.19. The molecule has 0 atom stereocenters. The Morgan fingerprint density at radius 3 is 2.65 bits per heavy atom. The van der Waals surface area contributed by atoms with Gasteiger partial charge in [0.1, 0.15) is 10.6 Å². The molecule has 6 nitrogen and oxygen atoms in total. The summed E-state index contributed by atoms with van der Waals surface area (Å²) in [7, 11) is -2.33. The summed E-state index contributed by atoms with van der Waals surface area (Å²) in [5.41, 5.74) is 2.56. The van der Waals surface area contributed by atoms with Crippen molar-refractivity contribution >= 4 is 26.7 Å². The van der Waals surface area contributed by atoms with Gasteiger partial charge in [0.15, 0.2) is 5.58 Å². The number of aryl methyl sites for hydroxylation is 2. The molecule has 1 N–H and O–H groups in total. The maximum atomic E-state index is 12.7. The molecule has 0 unspecified atom stereocenters. The van der Waals surface area contributed by atoms with Crippen LogP contribution in [0.1, 0.15) is 11.3 Å². The van der Waals surface area contributed by atoms with E-state index >= 15 is 0 Å². The highest BCUT2D eigenvalue weighted by Gasteiger charge is 2.20. The van der Waals surface area contributed by atoms with Crippen molar-refractivity contribution in [1.82, 2.24) is 5.16 Å². The van der Waals surface area contributed by atoms with Crippen molar-refractivity contribution in [1.29, 1.82) is 0 Å². The van der Waals surface area contributed by atoms with E-state index in [1.807, 2.05) is 0 Å². The summed E-state index contributed by atoms with van der Waals surface area (Å²) in [6.45, 7) is 3.61. The molecule has 0 saturated carbocycles. The van der Waals surface area contributed by atoms with E-state index in [1.54, 1.807) is 44.2 Å². The van der Waals surface area contributed by atoms with Crippen molar-refractivity contribution in [3.8, 4) is 5.75 Å². The smallest absolute Gasteiger partial charge is 0.265 e. The maximum Gasteiger partial charge on any atom is 0.265 e. The molecule has 0 amide bonds. The van der Waals surface area contributed by atoms with Crippen LogP contribution in [-0.2, 0) is 10.0 Å². The number of hydrogen-bond donors (Lipinski definition) is 1. The first kappa shape index (κ1) is 15.4. The number of aromatic nitrogens is 1. The number of sulfonamides is 1. The average Bonchev–Trinajstić information content (AvgIpc) is 2.88. The summed E-state index contributed by atoms with van der Waals surface area (Å²) in [5, 5.41) is 4.66. The topological polar surface area (TPSA) is 81.4 Å². The summed E-state index contributed by atoms with van der Waals surface area (Å²) in [6.07, 6.45) is 0. The van der Waals surface area contributed by atoms with E-state index in [0.29, 0.717) is 22.7 Å². The van der Waals surface area contributed by atoms with Crippen LogP contribution in [0, 0.1) is 13.8 Å². The summed E-state index contributed by atoms with van der Waals surface area (Å²) in [6, 6.07) is 9.96. The molecular weight excluding hydrogens is 316 g/mol. The summed E-state index contributed by atoms with van der Waals surface area (Å²) in [4.78, 5) is 0.0871. The Morgan fingerprint density at radius 2 is 1.91 bits per heavy atom. The zero-order valence-corrected chi connectivity index (χ0v) is 13.8. The largest absolute Gasteiger partial charge is 0.495 e. The highest BCUT2D eigenvalue weighted by Crippen LogP contribution is 2.30. The normalized spacial score (nSPS) is 11.6. The molecule has 0 saturated heterocycles. The number of methoxy groups -OCH3 is 1. The van der Waals surface area contributed by atoms with Crippen molar-refractivity contribution in [3.05, 3.63) is 47.7 Å². The van der Waals surface area contributed by atoms with Gasteiger partial charge >= 0.3 is 0 Å². The Balaban J connectivity index is 2.07. The molecule has 0 aliphatic rings. The van der Waals surface area contributed by atoms with Gasteiger partial charge in [0, 0.05) is 5.39 Å². The van der Waals surface area contributed by atoms with Gasteiger partial charge in [0.25, 0.3) is 10.0 Å². The van der Waals surface area contributed by atoms with Gasteiger partial charge in [-0.1, -0.05) is 17.3 Å². The van der Waals surface area contributed by atoms with Crippen LogP contribution in [0.15, 0.2) is 45.8 Å². The number of rotatable bonds is 4. The molecule has 1 aromatic heterocycles. The van der Waals surface area contributed by atoms with Gasteiger partial charge in [0.05, 0.1) is 18.5 Å². The molecule has 0 aliphatic heterocycles. The van der Waals surface area contributed by atoms with Gasteiger partial charge in [-0.15, -0.1) is 0 Å². The second kappa shape index (κ2) is 5.58. The van der Waals surface area contributed by atoms with Gasteiger partial charge in [-0.05, 0) is 43.7 Å². The van der Waals surface area contributed by atoms with Crippen LogP contribution in [0.3, 0.4) is 0 Å². The number of nitrogens with zero attached hydrogens (tertiary/aromatic N) is 1. The van der Waals surface area contributed by atoms with E-state index in [9.17, 15) is 8.42 Å². The second-order valence-corrected chi connectivity index (χ2v) is 6.84. The minimum Gasteiger partial charge on any atom is -0.495 e. The molecule has 0 aliphatic carbocycles. The maximum absolute atomic E-state index is 12.7. The summed E-state index contributed by atoms with van der Waals surface area (Å²) < 4.78 is 38.3. The van der Waals surface area contributed by atoms with Gasteiger partial charge < -0.3 is 9.26 Å². The third-order valence-corrected chi connectivity index (χ3v) is 5.01. The molecule has 7 heteroatoms. The minimum atomic E-state index is -3.77.